The molecule has 0 spiro atoms. The van der Waals surface area contributed by atoms with Gasteiger partial charge in [-0.15, -0.1) is 0 Å². The molecule has 0 aromatic rings. The predicted molar refractivity (Wildman–Crippen MR) is 47.2 cm³/mol. The molecule has 4 heteroatoms. The molecule has 0 heterocycles. The Balaban J connectivity index is 2.35. The van der Waals surface area contributed by atoms with Crippen LogP contribution in [0.5, 0.6) is 0 Å². The Hall–Kier alpha value is -0.900. The third-order valence-corrected chi connectivity index (χ3v) is 2.55. The Morgan fingerprint density at radius 2 is 1.92 bits per heavy atom. The number of hydrogen-bond acceptors (Lipinski definition) is 3. The molecule has 0 saturated heterocycles. The fourth-order valence-electron chi connectivity index (χ4n) is 1.72. The Morgan fingerprint density at radius 3 is 2.38 bits per heavy atom. The van der Waals surface area contributed by atoms with Crippen molar-refractivity contribution in [2.45, 2.75) is 38.1 Å². The van der Waals surface area contributed by atoms with Crippen molar-refractivity contribution in [1.29, 1.82) is 0 Å². The normalized spacial score (nSPS) is 20.1. The number of carbonyl (C=O) groups excluding carboxylic acids is 1. The number of ketones is 1. The Morgan fingerprint density at radius 1 is 1.38 bits per heavy atom. The van der Waals surface area contributed by atoms with Gasteiger partial charge in [0.25, 0.3) is 0 Å². The topological polar surface area (TPSA) is 80.4 Å². The lowest BCUT2D eigenvalue weighted by molar-refractivity contribution is -0.140. The van der Waals surface area contributed by atoms with Crippen molar-refractivity contribution in [2.24, 2.45) is 11.7 Å². The highest BCUT2D eigenvalue weighted by Gasteiger charge is 2.25. The van der Waals surface area contributed by atoms with E-state index >= 15 is 0 Å². The van der Waals surface area contributed by atoms with Crippen LogP contribution in [0.1, 0.15) is 32.1 Å². The minimum Gasteiger partial charge on any atom is -0.480 e. The summed E-state index contributed by atoms with van der Waals surface area (Å²) in [5.74, 6) is -0.996. The molecule has 4 nitrogen and oxygen atoms in total. The van der Waals surface area contributed by atoms with Crippen LogP contribution in [0.2, 0.25) is 0 Å². The number of carboxylic acid groups (broad SMARTS) is 1. The first-order valence-electron chi connectivity index (χ1n) is 4.62. The van der Waals surface area contributed by atoms with Crippen molar-refractivity contribution in [3.05, 3.63) is 0 Å². The average Bonchev–Trinajstić information content (AvgIpc) is 2.55. The van der Waals surface area contributed by atoms with Crippen LogP contribution in [0.25, 0.3) is 0 Å². The molecule has 0 radical (unpaired) electrons. The fraction of sp³-hybridized carbons (Fsp3) is 0.778. The van der Waals surface area contributed by atoms with E-state index in [1.54, 1.807) is 0 Å². The second-order valence-electron chi connectivity index (χ2n) is 3.60. The van der Waals surface area contributed by atoms with E-state index in [9.17, 15) is 9.59 Å². The summed E-state index contributed by atoms with van der Waals surface area (Å²) in [6, 6.07) is -1.02. The lowest BCUT2D eigenvalue weighted by atomic mass is 9.97. The molecule has 0 amide bonds. The zero-order valence-electron chi connectivity index (χ0n) is 7.53. The Bertz CT molecular complexity index is 209. The molecule has 3 N–H and O–H groups in total. The first-order chi connectivity index (χ1) is 6.11. The fourth-order valence-corrected chi connectivity index (χ4v) is 1.72. The van der Waals surface area contributed by atoms with Gasteiger partial charge >= 0.3 is 5.97 Å². The summed E-state index contributed by atoms with van der Waals surface area (Å²) < 4.78 is 0. The maximum Gasteiger partial charge on any atom is 0.320 e. The van der Waals surface area contributed by atoms with E-state index in [-0.39, 0.29) is 18.1 Å². The van der Waals surface area contributed by atoms with Crippen molar-refractivity contribution in [3.8, 4) is 0 Å². The number of nitrogens with two attached hydrogens (primary N) is 1. The van der Waals surface area contributed by atoms with Gasteiger partial charge in [-0.2, -0.15) is 0 Å². The Kier molecular flexibility index (Phi) is 3.42. The van der Waals surface area contributed by atoms with Crippen LogP contribution in [-0.2, 0) is 9.59 Å². The third-order valence-electron chi connectivity index (χ3n) is 2.55. The first kappa shape index (κ1) is 10.2. The van der Waals surface area contributed by atoms with E-state index in [1.165, 1.54) is 0 Å². The number of Topliss-reactive ketones (excluding diaryl/α,β-unsaturated/α-hetero) is 1. The van der Waals surface area contributed by atoms with Crippen LogP contribution >= 0.6 is 0 Å². The highest BCUT2D eigenvalue weighted by atomic mass is 16.4. The van der Waals surface area contributed by atoms with E-state index in [2.05, 4.69) is 0 Å². The summed E-state index contributed by atoms with van der Waals surface area (Å²) in [6.07, 6.45) is 3.97. The maximum atomic E-state index is 11.4. The SMILES string of the molecule is NC(CC(=O)C1CCCC1)C(=O)O. The summed E-state index contributed by atoms with van der Waals surface area (Å²) in [5.41, 5.74) is 5.26. The molecule has 1 atom stereocenters. The van der Waals surface area contributed by atoms with Crippen LogP contribution < -0.4 is 5.73 Å². The van der Waals surface area contributed by atoms with Crippen molar-refractivity contribution in [3.63, 3.8) is 0 Å². The van der Waals surface area contributed by atoms with Gasteiger partial charge in [0.2, 0.25) is 0 Å². The van der Waals surface area contributed by atoms with Gasteiger partial charge in [0.05, 0.1) is 0 Å². The van der Waals surface area contributed by atoms with Crippen LogP contribution in [0.15, 0.2) is 0 Å². The summed E-state index contributed by atoms with van der Waals surface area (Å²) in [6.45, 7) is 0. The van der Waals surface area contributed by atoms with E-state index < -0.39 is 12.0 Å². The molecule has 1 rings (SSSR count). The number of aliphatic carboxylic acids is 1. The molecule has 13 heavy (non-hydrogen) atoms. The molecule has 0 aliphatic heterocycles. The van der Waals surface area contributed by atoms with Crippen LogP contribution in [0.3, 0.4) is 0 Å². The van der Waals surface area contributed by atoms with Gasteiger partial charge < -0.3 is 10.8 Å². The molecule has 0 bridgehead atoms. The lowest BCUT2D eigenvalue weighted by Gasteiger charge is -2.09. The quantitative estimate of drug-likeness (QED) is 0.670. The molecule has 0 aromatic heterocycles. The Labute approximate surface area is 77.1 Å². The van der Waals surface area contributed by atoms with Crippen LogP contribution in [-0.4, -0.2) is 22.9 Å². The van der Waals surface area contributed by atoms with Crippen LogP contribution in [0.4, 0.5) is 0 Å². The number of rotatable bonds is 4. The smallest absolute Gasteiger partial charge is 0.320 e. The molecule has 1 fully saturated rings. The van der Waals surface area contributed by atoms with Crippen molar-refractivity contribution < 1.29 is 14.7 Å². The van der Waals surface area contributed by atoms with Gasteiger partial charge in [-0.1, -0.05) is 12.8 Å². The van der Waals surface area contributed by atoms with E-state index in [4.69, 9.17) is 10.8 Å². The van der Waals surface area contributed by atoms with E-state index in [0.29, 0.717) is 0 Å². The summed E-state index contributed by atoms with van der Waals surface area (Å²) in [7, 11) is 0. The second kappa shape index (κ2) is 4.37. The zero-order valence-corrected chi connectivity index (χ0v) is 7.53. The largest absolute Gasteiger partial charge is 0.480 e. The first-order valence-corrected chi connectivity index (χ1v) is 4.62. The van der Waals surface area contributed by atoms with Crippen molar-refractivity contribution in [1.82, 2.24) is 0 Å². The van der Waals surface area contributed by atoms with Gasteiger partial charge in [0.15, 0.2) is 0 Å². The monoisotopic (exact) mass is 185 g/mol. The molecule has 1 aliphatic carbocycles. The van der Waals surface area contributed by atoms with Gasteiger partial charge in [0.1, 0.15) is 11.8 Å². The zero-order chi connectivity index (χ0) is 9.84. The summed E-state index contributed by atoms with van der Waals surface area (Å²) in [5, 5.41) is 8.50. The van der Waals surface area contributed by atoms with Crippen LogP contribution in [0, 0.1) is 5.92 Å². The van der Waals surface area contributed by atoms with Crippen molar-refractivity contribution >= 4 is 11.8 Å². The average molecular weight is 185 g/mol. The lowest BCUT2D eigenvalue weighted by Crippen LogP contribution is -2.34. The highest BCUT2D eigenvalue weighted by molar-refractivity contribution is 5.87. The van der Waals surface area contributed by atoms with Crippen molar-refractivity contribution in [2.75, 3.05) is 0 Å². The molecular weight excluding hydrogens is 170 g/mol. The molecule has 1 aliphatic rings. The van der Waals surface area contributed by atoms with E-state index in [0.717, 1.165) is 25.7 Å². The molecule has 0 aromatic carbocycles. The highest BCUT2D eigenvalue weighted by Crippen LogP contribution is 2.26. The minimum atomic E-state index is -1.09. The third kappa shape index (κ3) is 2.81. The molecule has 1 unspecified atom stereocenters. The van der Waals surface area contributed by atoms with Gasteiger partial charge in [-0.25, -0.2) is 0 Å². The molecule has 74 valence electrons. The van der Waals surface area contributed by atoms with E-state index in [1.807, 2.05) is 0 Å². The maximum absolute atomic E-state index is 11.4. The number of hydrogen-bond donors (Lipinski definition) is 2. The second-order valence-corrected chi connectivity index (χ2v) is 3.60. The number of carboxylic acids is 1. The minimum absolute atomic E-state index is 0.0139. The van der Waals surface area contributed by atoms with Gasteiger partial charge in [-0.05, 0) is 12.8 Å². The summed E-state index contributed by atoms with van der Waals surface area (Å²) in [4.78, 5) is 21.8. The standard InChI is InChI=1S/C9H15NO3/c10-7(9(12)13)5-8(11)6-3-1-2-4-6/h6-7H,1-5,10H2,(H,12,13). The predicted octanol–water partition coefficient (Wildman–Crippen LogP) is 0.548. The molecular formula is C9H15NO3. The summed E-state index contributed by atoms with van der Waals surface area (Å²) >= 11 is 0. The molecule has 1 saturated carbocycles. The van der Waals surface area contributed by atoms with Gasteiger partial charge in [0, 0.05) is 12.3 Å². The van der Waals surface area contributed by atoms with Gasteiger partial charge in [-0.3, -0.25) is 9.59 Å². The number of carbonyl (C=O) groups is 2.